The molecule has 0 radical (unpaired) electrons. The number of amides is 1. The van der Waals surface area contributed by atoms with Gasteiger partial charge in [0.2, 0.25) is 0 Å². The number of hydrogen-bond acceptors (Lipinski definition) is 7. The molecule has 1 N–H and O–H groups in total. The fourth-order valence-corrected chi connectivity index (χ4v) is 6.43. The third-order valence-electron chi connectivity index (χ3n) is 5.78. The van der Waals surface area contributed by atoms with Gasteiger partial charge < -0.3 is 10.1 Å². The summed E-state index contributed by atoms with van der Waals surface area (Å²) >= 11 is 1.08. The largest absolute Gasteiger partial charge is 0.495 e. The minimum absolute atomic E-state index is 0.00296. The van der Waals surface area contributed by atoms with Crippen LogP contribution < -0.4 is 19.9 Å². The fraction of sp³-hybridized carbons (Fsp3) is 0.115. The Morgan fingerprint density at radius 2 is 1.84 bits per heavy atom. The van der Waals surface area contributed by atoms with Crippen molar-refractivity contribution in [3.05, 3.63) is 94.2 Å². The number of sulfonamides is 1. The second-order valence-electron chi connectivity index (χ2n) is 8.00. The van der Waals surface area contributed by atoms with Crippen molar-refractivity contribution in [2.24, 2.45) is 0 Å². The molecule has 11 heteroatoms. The average molecular weight is 535 g/mol. The number of pyridine rings is 1. The van der Waals surface area contributed by atoms with Crippen molar-refractivity contribution in [3.63, 3.8) is 0 Å². The van der Waals surface area contributed by atoms with Crippen LogP contribution in [0.5, 0.6) is 5.75 Å². The lowest BCUT2D eigenvalue weighted by Crippen LogP contribution is -2.30. The number of rotatable bonds is 7. The van der Waals surface area contributed by atoms with Crippen LogP contribution in [0.1, 0.15) is 16.6 Å². The van der Waals surface area contributed by atoms with Crippen LogP contribution in [-0.4, -0.2) is 37.4 Å². The zero-order valence-corrected chi connectivity index (χ0v) is 21.5. The summed E-state index contributed by atoms with van der Waals surface area (Å²) in [4.78, 5) is 31.2. The zero-order valence-electron chi connectivity index (χ0n) is 19.9. The van der Waals surface area contributed by atoms with Gasteiger partial charge in [-0.2, -0.15) is 0 Å². The van der Waals surface area contributed by atoms with Crippen LogP contribution in [0.4, 0.5) is 11.4 Å². The predicted molar refractivity (Wildman–Crippen MR) is 144 cm³/mol. The molecule has 0 saturated carbocycles. The SMILES string of the molecule is CCN(c1ccccc1)S(=O)(=O)c1ccc(OC)c(NC(=O)c2cc3c(=O)n4ccccc4nc3s2)c1. The molecule has 5 rings (SSSR count). The summed E-state index contributed by atoms with van der Waals surface area (Å²) < 4.78 is 35.0. The molecule has 0 fully saturated rings. The molecule has 5 aromatic rings. The van der Waals surface area contributed by atoms with Gasteiger partial charge in [-0.1, -0.05) is 24.3 Å². The number of methoxy groups -OCH3 is 1. The Balaban J connectivity index is 1.51. The van der Waals surface area contributed by atoms with Crippen LogP contribution in [0.25, 0.3) is 15.9 Å². The maximum atomic E-state index is 13.5. The van der Waals surface area contributed by atoms with Crippen LogP contribution in [0.3, 0.4) is 0 Å². The zero-order chi connectivity index (χ0) is 26.2. The quantitative estimate of drug-likeness (QED) is 0.332. The summed E-state index contributed by atoms with van der Waals surface area (Å²) in [7, 11) is -2.50. The first-order chi connectivity index (χ1) is 17.8. The molecule has 0 saturated heterocycles. The standard InChI is InChI=1S/C26H22N4O5S2/c1-3-30(17-9-5-4-6-10-17)37(33,34)18-12-13-21(35-2)20(15-18)27-24(31)22-16-19-25(36-22)28-23-11-7-8-14-29(23)26(19)32/h4-16H,3H2,1-2H3,(H,27,31). The van der Waals surface area contributed by atoms with Gasteiger partial charge in [0.05, 0.1) is 33.6 Å². The van der Waals surface area contributed by atoms with Crippen molar-refractivity contribution in [1.82, 2.24) is 9.38 Å². The Morgan fingerprint density at radius 3 is 2.57 bits per heavy atom. The van der Waals surface area contributed by atoms with E-state index >= 15 is 0 Å². The monoisotopic (exact) mass is 534 g/mol. The molecule has 0 spiro atoms. The number of nitrogens with one attached hydrogen (secondary N) is 1. The number of anilines is 2. The van der Waals surface area contributed by atoms with Gasteiger partial charge in [-0.05, 0) is 55.5 Å². The Morgan fingerprint density at radius 1 is 1.08 bits per heavy atom. The molecule has 3 heterocycles. The molecular formula is C26H22N4O5S2. The number of aromatic nitrogens is 2. The van der Waals surface area contributed by atoms with Gasteiger partial charge in [0, 0.05) is 12.7 Å². The van der Waals surface area contributed by atoms with Crippen LogP contribution in [0.2, 0.25) is 0 Å². The van der Waals surface area contributed by atoms with Crippen LogP contribution in [-0.2, 0) is 10.0 Å². The first-order valence-corrected chi connectivity index (χ1v) is 13.6. The number of para-hydroxylation sites is 1. The lowest BCUT2D eigenvalue weighted by molar-refractivity contribution is 0.103. The molecule has 0 aliphatic rings. The number of carbonyl (C=O) groups excluding carboxylic acids is 1. The highest BCUT2D eigenvalue weighted by Crippen LogP contribution is 2.32. The number of ether oxygens (including phenoxy) is 1. The third kappa shape index (κ3) is 4.43. The van der Waals surface area contributed by atoms with Gasteiger partial charge in [0.1, 0.15) is 16.2 Å². The Bertz CT molecular complexity index is 1800. The summed E-state index contributed by atoms with van der Waals surface area (Å²) in [6.07, 6.45) is 1.62. The Kier molecular flexibility index (Phi) is 6.40. The first kappa shape index (κ1) is 24.5. The lowest BCUT2D eigenvalue weighted by atomic mass is 10.2. The average Bonchev–Trinajstić information content (AvgIpc) is 3.34. The molecule has 0 aliphatic carbocycles. The summed E-state index contributed by atoms with van der Waals surface area (Å²) in [5.41, 5.74) is 0.919. The Hall–Kier alpha value is -4.22. The van der Waals surface area contributed by atoms with E-state index in [1.54, 1.807) is 55.6 Å². The molecule has 188 valence electrons. The van der Waals surface area contributed by atoms with Crippen molar-refractivity contribution in [2.45, 2.75) is 11.8 Å². The summed E-state index contributed by atoms with van der Waals surface area (Å²) in [5.74, 6) is -0.222. The van der Waals surface area contributed by atoms with E-state index in [1.807, 2.05) is 6.07 Å². The Labute approximate surface area is 216 Å². The van der Waals surface area contributed by atoms with Gasteiger partial charge in [-0.25, -0.2) is 13.4 Å². The van der Waals surface area contributed by atoms with E-state index in [0.29, 0.717) is 27.3 Å². The van der Waals surface area contributed by atoms with Gasteiger partial charge >= 0.3 is 0 Å². The van der Waals surface area contributed by atoms with E-state index in [1.165, 1.54) is 40.1 Å². The van der Waals surface area contributed by atoms with Gasteiger partial charge in [-0.3, -0.25) is 18.3 Å². The lowest BCUT2D eigenvalue weighted by Gasteiger charge is -2.23. The highest BCUT2D eigenvalue weighted by molar-refractivity contribution is 7.92. The molecule has 0 atom stereocenters. The second kappa shape index (κ2) is 9.68. The van der Waals surface area contributed by atoms with Crippen molar-refractivity contribution in [2.75, 3.05) is 23.3 Å². The topological polar surface area (TPSA) is 110 Å². The van der Waals surface area contributed by atoms with E-state index in [-0.39, 0.29) is 27.6 Å². The maximum absolute atomic E-state index is 13.5. The smallest absolute Gasteiger partial charge is 0.266 e. The van der Waals surface area contributed by atoms with Crippen molar-refractivity contribution >= 4 is 54.5 Å². The number of benzene rings is 2. The minimum atomic E-state index is -3.93. The van der Waals surface area contributed by atoms with E-state index < -0.39 is 15.9 Å². The molecule has 1 amide bonds. The molecule has 0 unspecified atom stereocenters. The number of nitrogens with zero attached hydrogens (tertiary/aromatic N) is 3. The summed E-state index contributed by atoms with van der Waals surface area (Å²) in [5, 5.41) is 3.06. The molecular weight excluding hydrogens is 512 g/mol. The van der Waals surface area contributed by atoms with Crippen molar-refractivity contribution in [3.8, 4) is 5.75 Å². The number of thiophene rings is 1. The molecule has 0 aliphatic heterocycles. The molecule has 2 aromatic carbocycles. The summed E-state index contributed by atoms with van der Waals surface area (Å²) in [6, 6.07) is 19.8. The van der Waals surface area contributed by atoms with Gasteiger partial charge in [-0.15, -0.1) is 11.3 Å². The number of hydrogen-bond donors (Lipinski definition) is 1. The summed E-state index contributed by atoms with van der Waals surface area (Å²) in [6.45, 7) is 1.97. The van der Waals surface area contributed by atoms with E-state index in [2.05, 4.69) is 10.3 Å². The van der Waals surface area contributed by atoms with Crippen LogP contribution in [0, 0.1) is 0 Å². The number of carbonyl (C=O) groups is 1. The molecule has 0 bridgehead atoms. The highest BCUT2D eigenvalue weighted by Gasteiger charge is 2.25. The number of fused-ring (bicyclic) bond motifs is 2. The third-order valence-corrected chi connectivity index (χ3v) is 8.71. The van der Waals surface area contributed by atoms with Gasteiger partial charge in [0.25, 0.3) is 21.5 Å². The van der Waals surface area contributed by atoms with E-state index in [0.717, 1.165) is 11.3 Å². The maximum Gasteiger partial charge on any atom is 0.266 e. The molecule has 9 nitrogen and oxygen atoms in total. The molecule has 3 aromatic heterocycles. The normalized spacial score (nSPS) is 11.5. The predicted octanol–water partition coefficient (Wildman–Crippen LogP) is 4.39. The minimum Gasteiger partial charge on any atom is -0.495 e. The second-order valence-corrected chi connectivity index (χ2v) is 10.9. The van der Waals surface area contributed by atoms with Crippen molar-refractivity contribution in [1.29, 1.82) is 0 Å². The van der Waals surface area contributed by atoms with Crippen LogP contribution >= 0.6 is 11.3 Å². The first-order valence-electron chi connectivity index (χ1n) is 11.3. The fourth-order valence-electron chi connectivity index (χ4n) is 4.00. The van der Waals surface area contributed by atoms with Gasteiger partial charge in [0.15, 0.2) is 0 Å². The van der Waals surface area contributed by atoms with Crippen molar-refractivity contribution < 1.29 is 17.9 Å². The highest BCUT2D eigenvalue weighted by atomic mass is 32.2. The van der Waals surface area contributed by atoms with E-state index in [4.69, 9.17) is 4.74 Å². The van der Waals surface area contributed by atoms with E-state index in [9.17, 15) is 18.0 Å². The molecule has 37 heavy (non-hydrogen) atoms. The van der Waals surface area contributed by atoms with Crippen LogP contribution in [0.15, 0.2) is 88.7 Å².